The zero-order valence-electron chi connectivity index (χ0n) is 14.1. The minimum Gasteiger partial charge on any atom is -0.381 e. The van der Waals surface area contributed by atoms with Crippen LogP contribution in [-0.4, -0.2) is 54.8 Å². The van der Waals surface area contributed by atoms with E-state index in [1.165, 1.54) is 19.3 Å². The second-order valence-electron chi connectivity index (χ2n) is 6.91. The maximum absolute atomic E-state index is 12.7. The van der Waals surface area contributed by atoms with Crippen LogP contribution in [0, 0.1) is 0 Å². The van der Waals surface area contributed by atoms with Crippen molar-refractivity contribution in [3.63, 3.8) is 0 Å². The highest BCUT2D eigenvalue weighted by atomic mass is 32.2. The number of hydrogen-bond acceptors (Lipinski definition) is 5. The third-order valence-corrected chi connectivity index (χ3v) is 6.79. The molecule has 2 fully saturated rings. The van der Waals surface area contributed by atoms with Gasteiger partial charge in [-0.3, -0.25) is 9.78 Å². The third kappa shape index (κ3) is 4.06. The SMILES string of the molecule is CN(C(=O)c1cncc(NC2CCCCC2)c1)C1CCS(=O)(=O)C1. The van der Waals surface area contributed by atoms with Crippen molar-refractivity contribution in [3.05, 3.63) is 24.0 Å². The van der Waals surface area contributed by atoms with Crippen molar-refractivity contribution in [3.8, 4) is 0 Å². The Morgan fingerprint density at radius 1 is 1.21 bits per heavy atom. The lowest BCUT2D eigenvalue weighted by Crippen LogP contribution is -2.37. The highest BCUT2D eigenvalue weighted by Gasteiger charge is 2.33. The van der Waals surface area contributed by atoms with Gasteiger partial charge in [0.1, 0.15) is 0 Å². The Morgan fingerprint density at radius 2 is 1.96 bits per heavy atom. The van der Waals surface area contributed by atoms with Crippen LogP contribution in [-0.2, 0) is 9.84 Å². The highest BCUT2D eigenvalue weighted by molar-refractivity contribution is 7.91. The first-order valence-electron chi connectivity index (χ1n) is 8.64. The minimum absolute atomic E-state index is 0.0582. The van der Waals surface area contributed by atoms with E-state index in [9.17, 15) is 13.2 Å². The molecule has 1 aliphatic heterocycles. The molecule has 1 saturated heterocycles. The van der Waals surface area contributed by atoms with E-state index in [4.69, 9.17) is 0 Å². The molecule has 0 radical (unpaired) electrons. The van der Waals surface area contributed by atoms with E-state index in [1.54, 1.807) is 24.3 Å². The van der Waals surface area contributed by atoms with Crippen molar-refractivity contribution in [1.82, 2.24) is 9.88 Å². The Labute approximate surface area is 143 Å². The number of nitrogens with zero attached hydrogens (tertiary/aromatic N) is 2. The summed E-state index contributed by atoms with van der Waals surface area (Å²) in [5, 5.41) is 3.47. The molecule has 7 heteroatoms. The van der Waals surface area contributed by atoms with E-state index < -0.39 is 9.84 Å². The molecule has 1 aliphatic carbocycles. The van der Waals surface area contributed by atoms with Gasteiger partial charge in [0.05, 0.1) is 22.8 Å². The largest absolute Gasteiger partial charge is 0.381 e. The van der Waals surface area contributed by atoms with Gasteiger partial charge in [0.25, 0.3) is 5.91 Å². The normalized spacial score (nSPS) is 23.8. The molecular formula is C17H25N3O3S. The quantitative estimate of drug-likeness (QED) is 0.898. The van der Waals surface area contributed by atoms with Crippen molar-refractivity contribution in [2.24, 2.45) is 0 Å². The summed E-state index contributed by atoms with van der Waals surface area (Å²) in [5.41, 5.74) is 1.36. The van der Waals surface area contributed by atoms with Gasteiger partial charge in [-0.05, 0) is 25.3 Å². The van der Waals surface area contributed by atoms with Gasteiger partial charge in [0, 0.05) is 31.5 Å². The number of rotatable bonds is 4. The average molecular weight is 351 g/mol. The van der Waals surface area contributed by atoms with E-state index >= 15 is 0 Å². The predicted molar refractivity (Wildman–Crippen MR) is 93.9 cm³/mol. The van der Waals surface area contributed by atoms with E-state index in [0.29, 0.717) is 18.0 Å². The molecule has 1 aromatic rings. The lowest BCUT2D eigenvalue weighted by molar-refractivity contribution is 0.0747. The smallest absolute Gasteiger partial charge is 0.255 e. The van der Waals surface area contributed by atoms with Gasteiger partial charge in [-0.2, -0.15) is 0 Å². The molecule has 132 valence electrons. The summed E-state index contributed by atoms with van der Waals surface area (Å²) in [5.74, 6) is 0.0522. The molecule has 1 atom stereocenters. The van der Waals surface area contributed by atoms with E-state index in [2.05, 4.69) is 10.3 Å². The Kier molecular flexibility index (Phi) is 5.08. The summed E-state index contributed by atoms with van der Waals surface area (Å²) < 4.78 is 23.2. The van der Waals surface area contributed by atoms with Gasteiger partial charge in [0.2, 0.25) is 0 Å². The molecule has 2 heterocycles. The molecule has 24 heavy (non-hydrogen) atoms. The number of carbonyl (C=O) groups excluding carboxylic acids is 1. The summed E-state index contributed by atoms with van der Waals surface area (Å²) in [6.45, 7) is 0. The lowest BCUT2D eigenvalue weighted by Gasteiger charge is -2.25. The van der Waals surface area contributed by atoms with E-state index in [-0.39, 0.29) is 23.5 Å². The van der Waals surface area contributed by atoms with Crippen LogP contribution in [0.5, 0.6) is 0 Å². The average Bonchev–Trinajstić information content (AvgIpc) is 2.95. The second-order valence-corrected chi connectivity index (χ2v) is 9.14. The standard InChI is InChI=1S/C17H25N3O3S/c1-20(16-7-8-24(22,23)12-16)17(21)13-9-15(11-18-10-13)19-14-5-3-2-4-6-14/h9-11,14,16,19H,2-8,12H2,1H3. The number of carbonyl (C=O) groups is 1. The number of hydrogen-bond donors (Lipinski definition) is 1. The number of nitrogens with one attached hydrogen (secondary N) is 1. The molecule has 1 aromatic heterocycles. The minimum atomic E-state index is -3.01. The topological polar surface area (TPSA) is 79.4 Å². The summed E-state index contributed by atoms with van der Waals surface area (Å²) in [4.78, 5) is 18.4. The molecule has 3 rings (SSSR count). The molecule has 6 nitrogen and oxygen atoms in total. The maximum Gasteiger partial charge on any atom is 0.255 e. The van der Waals surface area contributed by atoms with Crippen molar-refractivity contribution in [2.75, 3.05) is 23.9 Å². The van der Waals surface area contributed by atoms with Gasteiger partial charge in [0.15, 0.2) is 9.84 Å². The molecule has 1 amide bonds. The monoisotopic (exact) mass is 351 g/mol. The second kappa shape index (κ2) is 7.09. The number of amides is 1. The number of sulfone groups is 1. The van der Waals surface area contributed by atoms with Crippen LogP contribution >= 0.6 is 0 Å². The van der Waals surface area contributed by atoms with Crippen LogP contribution < -0.4 is 5.32 Å². The number of pyridine rings is 1. The molecule has 0 bridgehead atoms. The molecule has 2 aliphatic rings. The molecule has 0 aromatic carbocycles. The van der Waals surface area contributed by atoms with Crippen molar-refractivity contribution in [1.29, 1.82) is 0 Å². The Bertz CT molecular complexity index is 699. The van der Waals surface area contributed by atoms with Gasteiger partial charge >= 0.3 is 0 Å². The third-order valence-electron chi connectivity index (χ3n) is 5.04. The van der Waals surface area contributed by atoms with Gasteiger partial charge in [-0.25, -0.2) is 8.42 Å². The summed E-state index contributed by atoms with van der Waals surface area (Å²) >= 11 is 0. The van der Waals surface area contributed by atoms with Gasteiger partial charge < -0.3 is 10.2 Å². The highest BCUT2D eigenvalue weighted by Crippen LogP contribution is 2.23. The van der Waals surface area contributed by atoms with Crippen LogP contribution in [0.4, 0.5) is 5.69 Å². The molecular weight excluding hydrogens is 326 g/mol. The number of anilines is 1. The van der Waals surface area contributed by atoms with Crippen molar-refractivity contribution >= 4 is 21.4 Å². The fourth-order valence-corrected chi connectivity index (χ4v) is 5.34. The van der Waals surface area contributed by atoms with Crippen LogP contribution in [0.15, 0.2) is 18.5 Å². The molecule has 1 unspecified atom stereocenters. The molecule has 0 spiro atoms. The first-order chi connectivity index (χ1) is 11.4. The first kappa shape index (κ1) is 17.2. The van der Waals surface area contributed by atoms with E-state index in [0.717, 1.165) is 18.5 Å². The van der Waals surface area contributed by atoms with Gasteiger partial charge in [-0.1, -0.05) is 19.3 Å². The summed E-state index contributed by atoms with van der Waals surface area (Å²) in [7, 11) is -1.33. The molecule has 1 N–H and O–H groups in total. The van der Waals surface area contributed by atoms with Gasteiger partial charge in [-0.15, -0.1) is 0 Å². The zero-order chi connectivity index (χ0) is 17.2. The maximum atomic E-state index is 12.7. The Morgan fingerprint density at radius 3 is 2.62 bits per heavy atom. The Hall–Kier alpha value is -1.63. The molecule has 1 saturated carbocycles. The fourth-order valence-electron chi connectivity index (χ4n) is 3.57. The van der Waals surface area contributed by atoms with Crippen molar-refractivity contribution < 1.29 is 13.2 Å². The number of aromatic nitrogens is 1. The van der Waals surface area contributed by atoms with Crippen molar-refractivity contribution in [2.45, 2.75) is 50.6 Å². The summed E-state index contributed by atoms with van der Waals surface area (Å²) in [6, 6.07) is 2.03. The fraction of sp³-hybridized carbons (Fsp3) is 0.647. The zero-order valence-corrected chi connectivity index (χ0v) is 14.9. The first-order valence-corrected chi connectivity index (χ1v) is 10.5. The van der Waals surface area contributed by atoms with E-state index in [1.807, 2.05) is 6.07 Å². The van der Waals surface area contributed by atoms with Crippen LogP contribution in [0.2, 0.25) is 0 Å². The Balaban J connectivity index is 1.67. The van der Waals surface area contributed by atoms with Crippen LogP contribution in [0.25, 0.3) is 0 Å². The van der Waals surface area contributed by atoms with Crippen LogP contribution in [0.3, 0.4) is 0 Å². The van der Waals surface area contributed by atoms with Crippen LogP contribution in [0.1, 0.15) is 48.9 Å². The predicted octanol–water partition coefficient (Wildman–Crippen LogP) is 2.09. The summed E-state index contributed by atoms with van der Waals surface area (Å²) in [6.07, 6.45) is 9.88. The lowest BCUT2D eigenvalue weighted by atomic mass is 9.95.